The number of sulfone groups is 1. The van der Waals surface area contributed by atoms with E-state index in [4.69, 9.17) is 4.98 Å². The number of imidazole rings is 1. The number of anilines is 1. The topological polar surface area (TPSA) is 85.2 Å². The Labute approximate surface area is 184 Å². The molecule has 31 heavy (non-hydrogen) atoms. The minimum Gasteiger partial charge on any atom is -0.337 e. The van der Waals surface area contributed by atoms with Gasteiger partial charge in [0, 0.05) is 37.3 Å². The van der Waals surface area contributed by atoms with Crippen molar-refractivity contribution in [2.75, 3.05) is 17.7 Å². The number of hydrogen-bond acceptors (Lipinski definition) is 6. The van der Waals surface area contributed by atoms with Crippen LogP contribution in [0, 0.1) is 6.92 Å². The van der Waals surface area contributed by atoms with E-state index in [1.807, 2.05) is 35.9 Å². The van der Waals surface area contributed by atoms with Gasteiger partial charge in [-0.05, 0) is 49.2 Å². The standard InChI is InChI=1S/C22H22N4O3S2/c1-16-5-3-6-19-20(16)24-22(30-19)26(13-4-12-25-14-11-23-15-25)21(27)17-7-9-18(10-8-17)31(2,28)29/h3,5-11,14-15H,4,12-13H2,1-2H3. The molecule has 9 heteroatoms. The first kappa shape index (κ1) is 21.2. The summed E-state index contributed by atoms with van der Waals surface area (Å²) in [6.45, 7) is 3.20. The fraction of sp³-hybridized carbons (Fsp3) is 0.227. The number of thiazole rings is 1. The summed E-state index contributed by atoms with van der Waals surface area (Å²) in [5.74, 6) is -0.206. The first-order chi connectivity index (χ1) is 14.8. The van der Waals surface area contributed by atoms with Crippen LogP contribution in [0.25, 0.3) is 10.2 Å². The molecular weight excluding hydrogens is 432 g/mol. The molecule has 4 rings (SSSR count). The summed E-state index contributed by atoms with van der Waals surface area (Å²) in [5.41, 5.74) is 2.37. The van der Waals surface area contributed by atoms with Crippen LogP contribution in [0.3, 0.4) is 0 Å². The van der Waals surface area contributed by atoms with Crippen LogP contribution in [0.5, 0.6) is 0 Å². The van der Waals surface area contributed by atoms with Crippen LogP contribution in [0.4, 0.5) is 5.13 Å². The van der Waals surface area contributed by atoms with Crippen LogP contribution >= 0.6 is 11.3 Å². The van der Waals surface area contributed by atoms with Gasteiger partial charge in [-0.2, -0.15) is 0 Å². The van der Waals surface area contributed by atoms with E-state index in [2.05, 4.69) is 4.98 Å². The highest BCUT2D eigenvalue weighted by Crippen LogP contribution is 2.31. The Balaban J connectivity index is 1.64. The Kier molecular flexibility index (Phi) is 5.88. The van der Waals surface area contributed by atoms with Crippen molar-refractivity contribution in [2.45, 2.75) is 24.8 Å². The number of aromatic nitrogens is 3. The van der Waals surface area contributed by atoms with Crippen LogP contribution in [-0.4, -0.2) is 41.7 Å². The number of benzene rings is 2. The number of carbonyl (C=O) groups is 1. The number of nitrogens with zero attached hydrogens (tertiary/aromatic N) is 4. The second-order valence-electron chi connectivity index (χ2n) is 7.33. The molecule has 0 spiro atoms. The lowest BCUT2D eigenvalue weighted by Crippen LogP contribution is -2.32. The summed E-state index contributed by atoms with van der Waals surface area (Å²) in [4.78, 5) is 24.0. The molecule has 0 fully saturated rings. The normalized spacial score (nSPS) is 11.7. The third-order valence-electron chi connectivity index (χ3n) is 4.97. The van der Waals surface area contributed by atoms with Crippen molar-refractivity contribution in [3.05, 3.63) is 72.3 Å². The van der Waals surface area contributed by atoms with Crippen molar-refractivity contribution in [1.29, 1.82) is 0 Å². The zero-order valence-electron chi connectivity index (χ0n) is 17.2. The maximum atomic E-state index is 13.4. The minimum atomic E-state index is -3.32. The SMILES string of the molecule is Cc1cccc2sc(N(CCCn3ccnc3)C(=O)c3ccc(S(C)(=O)=O)cc3)nc12. The number of rotatable bonds is 7. The first-order valence-corrected chi connectivity index (χ1v) is 12.5. The number of aryl methyl sites for hydroxylation is 2. The smallest absolute Gasteiger partial charge is 0.260 e. The molecule has 0 aliphatic carbocycles. The van der Waals surface area contributed by atoms with E-state index in [0.717, 1.165) is 35.0 Å². The highest BCUT2D eigenvalue weighted by Gasteiger charge is 2.22. The summed E-state index contributed by atoms with van der Waals surface area (Å²) in [7, 11) is -3.32. The third-order valence-corrected chi connectivity index (χ3v) is 7.14. The van der Waals surface area contributed by atoms with Gasteiger partial charge in [0.25, 0.3) is 5.91 Å². The summed E-state index contributed by atoms with van der Waals surface area (Å²) < 4.78 is 26.5. The maximum Gasteiger partial charge on any atom is 0.260 e. The van der Waals surface area contributed by atoms with E-state index in [1.54, 1.807) is 29.6 Å². The lowest BCUT2D eigenvalue weighted by atomic mass is 10.2. The van der Waals surface area contributed by atoms with E-state index >= 15 is 0 Å². The average molecular weight is 455 g/mol. The largest absolute Gasteiger partial charge is 0.337 e. The van der Waals surface area contributed by atoms with Crippen LogP contribution in [-0.2, 0) is 16.4 Å². The molecule has 160 valence electrons. The average Bonchev–Trinajstić information content (AvgIpc) is 3.41. The van der Waals surface area contributed by atoms with Gasteiger partial charge in [0.1, 0.15) is 0 Å². The fourth-order valence-electron chi connectivity index (χ4n) is 3.30. The lowest BCUT2D eigenvalue weighted by Gasteiger charge is -2.20. The van der Waals surface area contributed by atoms with Crippen molar-refractivity contribution in [3.63, 3.8) is 0 Å². The summed E-state index contributed by atoms with van der Waals surface area (Å²) >= 11 is 1.48. The van der Waals surface area contributed by atoms with Gasteiger partial charge in [-0.3, -0.25) is 9.69 Å². The Morgan fingerprint density at radius 1 is 1.16 bits per heavy atom. The molecule has 4 aromatic rings. The van der Waals surface area contributed by atoms with Gasteiger partial charge >= 0.3 is 0 Å². The molecule has 0 aliphatic rings. The maximum absolute atomic E-state index is 13.4. The van der Waals surface area contributed by atoms with Gasteiger partial charge < -0.3 is 4.57 Å². The van der Waals surface area contributed by atoms with E-state index in [-0.39, 0.29) is 10.8 Å². The Bertz CT molecular complexity index is 1310. The molecule has 2 aromatic carbocycles. The van der Waals surface area contributed by atoms with E-state index in [1.165, 1.54) is 23.5 Å². The minimum absolute atomic E-state index is 0.186. The van der Waals surface area contributed by atoms with Crippen molar-refractivity contribution in [3.8, 4) is 0 Å². The van der Waals surface area contributed by atoms with Crippen molar-refractivity contribution >= 4 is 42.4 Å². The fourth-order valence-corrected chi connectivity index (χ4v) is 5.00. The zero-order valence-corrected chi connectivity index (χ0v) is 18.9. The Morgan fingerprint density at radius 3 is 2.58 bits per heavy atom. The van der Waals surface area contributed by atoms with E-state index < -0.39 is 9.84 Å². The van der Waals surface area contributed by atoms with Gasteiger partial charge in [0.05, 0.1) is 21.4 Å². The van der Waals surface area contributed by atoms with Crippen LogP contribution in [0.2, 0.25) is 0 Å². The number of para-hydroxylation sites is 1. The van der Waals surface area contributed by atoms with Crippen molar-refractivity contribution < 1.29 is 13.2 Å². The molecule has 0 unspecified atom stereocenters. The molecule has 0 N–H and O–H groups in total. The number of amides is 1. The molecule has 0 atom stereocenters. The second kappa shape index (κ2) is 8.60. The van der Waals surface area contributed by atoms with Crippen LogP contribution < -0.4 is 4.90 Å². The van der Waals surface area contributed by atoms with E-state index in [0.29, 0.717) is 17.2 Å². The lowest BCUT2D eigenvalue weighted by molar-refractivity contribution is 0.0986. The van der Waals surface area contributed by atoms with Crippen LogP contribution in [0.1, 0.15) is 22.3 Å². The van der Waals surface area contributed by atoms with Gasteiger partial charge in [-0.25, -0.2) is 18.4 Å². The van der Waals surface area contributed by atoms with Gasteiger partial charge in [0.2, 0.25) is 0 Å². The van der Waals surface area contributed by atoms with Gasteiger partial charge in [0.15, 0.2) is 15.0 Å². The van der Waals surface area contributed by atoms with Gasteiger partial charge in [-0.1, -0.05) is 23.5 Å². The summed E-state index contributed by atoms with van der Waals surface area (Å²) in [6.07, 6.45) is 7.23. The van der Waals surface area contributed by atoms with E-state index in [9.17, 15) is 13.2 Å². The third kappa shape index (κ3) is 4.67. The van der Waals surface area contributed by atoms with Crippen LogP contribution in [0.15, 0.2) is 66.1 Å². The molecule has 0 radical (unpaired) electrons. The Hall–Kier alpha value is -3.04. The molecule has 2 aromatic heterocycles. The predicted octanol–water partition coefficient (Wildman–Crippen LogP) is 3.94. The highest BCUT2D eigenvalue weighted by atomic mass is 32.2. The molecule has 2 heterocycles. The number of fused-ring (bicyclic) bond motifs is 1. The number of carbonyl (C=O) groups excluding carboxylic acids is 1. The second-order valence-corrected chi connectivity index (χ2v) is 10.4. The zero-order chi connectivity index (χ0) is 22.0. The summed E-state index contributed by atoms with van der Waals surface area (Å²) in [6, 6.07) is 12.0. The number of hydrogen-bond donors (Lipinski definition) is 0. The summed E-state index contributed by atoms with van der Waals surface area (Å²) in [5, 5.41) is 0.632. The molecule has 0 aliphatic heterocycles. The molecule has 0 saturated heterocycles. The molecule has 7 nitrogen and oxygen atoms in total. The Morgan fingerprint density at radius 2 is 1.94 bits per heavy atom. The molecule has 1 amide bonds. The van der Waals surface area contributed by atoms with Gasteiger partial charge in [-0.15, -0.1) is 0 Å². The van der Waals surface area contributed by atoms with Crippen molar-refractivity contribution in [2.24, 2.45) is 0 Å². The predicted molar refractivity (Wildman–Crippen MR) is 122 cm³/mol. The molecule has 0 saturated carbocycles. The molecular formula is C22H22N4O3S2. The molecule has 0 bridgehead atoms. The highest BCUT2D eigenvalue weighted by molar-refractivity contribution is 7.90. The monoisotopic (exact) mass is 454 g/mol. The van der Waals surface area contributed by atoms with Crippen molar-refractivity contribution in [1.82, 2.24) is 14.5 Å². The first-order valence-electron chi connectivity index (χ1n) is 9.77. The quantitative estimate of drug-likeness (QED) is 0.422.